The van der Waals surface area contributed by atoms with Crippen molar-refractivity contribution in [2.24, 2.45) is 5.73 Å². The molecule has 0 aliphatic heterocycles. The van der Waals surface area contributed by atoms with Crippen molar-refractivity contribution in [1.29, 1.82) is 0 Å². The molecule has 0 bridgehead atoms. The van der Waals surface area contributed by atoms with E-state index in [-0.39, 0.29) is 11.2 Å². The van der Waals surface area contributed by atoms with Crippen LogP contribution in [-0.4, -0.2) is 22.0 Å². The molecule has 0 amide bonds. The largest absolute Gasteiger partial charge is 0.377 e. The summed E-state index contributed by atoms with van der Waals surface area (Å²) in [6, 6.07) is 7.38. The van der Waals surface area contributed by atoms with Gasteiger partial charge in [0.05, 0.1) is 10.4 Å². The zero-order chi connectivity index (χ0) is 14.2. The topological polar surface area (TPSA) is 94.1 Å². The molecule has 6 nitrogen and oxygen atoms in total. The molecule has 2 aromatic rings. The van der Waals surface area contributed by atoms with Crippen LogP contribution in [0.2, 0.25) is 0 Å². The predicted molar refractivity (Wildman–Crippen MR) is 77.7 cm³/mol. The number of nitrogens with zero attached hydrogens (tertiary/aromatic N) is 2. The normalized spacial score (nSPS) is 16.6. The number of benzene rings is 1. The minimum atomic E-state index is -0.411. The minimum absolute atomic E-state index is 0.00776. The molecule has 0 spiro atoms. The van der Waals surface area contributed by atoms with E-state index < -0.39 is 4.92 Å². The molecule has 0 unspecified atom stereocenters. The number of hydrogen-bond donors (Lipinski definition) is 2. The summed E-state index contributed by atoms with van der Waals surface area (Å²) in [5.74, 6) is 0. The Labute approximate surface area is 116 Å². The molecule has 0 saturated heterocycles. The van der Waals surface area contributed by atoms with Gasteiger partial charge >= 0.3 is 5.69 Å². The number of para-hydroxylation sites is 1. The van der Waals surface area contributed by atoms with Crippen molar-refractivity contribution in [3.63, 3.8) is 0 Å². The maximum absolute atomic E-state index is 11.2. The van der Waals surface area contributed by atoms with Crippen LogP contribution in [0.15, 0.2) is 30.5 Å². The number of nitrogens with two attached hydrogens (primary N) is 1. The zero-order valence-electron chi connectivity index (χ0n) is 11.0. The number of pyridine rings is 1. The maximum atomic E-state index is 11.2. The highest BCUT2D eigenvalue weighted by Crippen LogP contribution is 2.34. The Morgan fingerprint density at radius 1 is 1.40 bits per heavy atom. The first kappa shape index (κ1) is 12.8. The van der Waals surface area contributed by atoms with E-state index in [9.17, 15) is 10.1 Å². The third-order valence-corrected chi connectivity index (χ3v) is 3.92. The van der Waals surface area contributed by atoms with E-state index in [1.165, 1.54) is 6.20 Å². The molecule has 6 heteroatoms. The number of fused-ring (bicyclic) bond motifs is 1. The van der Waals surface area contributed by atoms with E-state index in [4.69, 9.17) is 5.73 Å². The number of nitrogens with one attached hydrogen (secondary N) is 1. The average molecular weight is 272 g/mol. The minimum Gasteiger partial charge on any atom is -0.377 e. The van der Waals surface area contributed by atoms with Crippen LogP contribution in [0.3, 0.4) is 0 Å². The summed E-state index contributed by atoms with van der Waals surface area (Å²) < 4.78 is 0. The first-order chi connectivity index (χ1) is 9.59. The van der Waals surface area contributed by atoms with Crippen LogP contribution in [0.1, 0.15) is 19.3 Å². The van der Waals surface area contributed by atoms with Gasteiger partial charge in [-0.05, 0) is 25.3 Å². The van der Waals surface area contributed by atoms with Gasteiger partial charge in [-0.3, -0.25) is 10.1 Å². The lowest BCUT2D eigenvalue weighted by Gasteiger charge is -2.38. The van der Waals surface area contributed by atoms with Gasteiger partial charge in [-0.2, -0.15) is 0 Å². The van der Waals surface area contributed by atoms with E-state index in [0.717, 1.165) is 30.2 Å². The second-order valence-electron chi connectivity index (χ2n) is 5.36. The Kier molecular flexibility index (Phi) is 3.02. The fraction of sp³-hybridized carbons (Fsp3) is 0.357. The van der Waals surface area contributed by atoms with Gasteiger partial charge in [-0.25, -0.2) is 4.98 Å². The van der Waals surface area contributed by atoms with E-state index in [1.54, 1.807) is 0 Å². The van der Waals surface area contributed by atoms with Crippen molar-refractivity contribution in [2.45, 2.75) is 24.8 Å². The van der Waals surface area contributed by atoms with Gasteiger partial charge in [0.25, 0.3) is 0 Å². The Balaban J connectivity index is 2.00. The third-order valence-electron chi connectivity index (χ3n) is 3.92. The summed E-state index contributed by atoms with van der Waals surface area (Å²) in [5.41, 5.74) is 7.18. The van der Waals surface area contributed by atoms with E-state index in [1.807, 2.05) is 24.3 Å². The van der Waals surface area contributed by atoms with Crippen LogP contribution in [0.5, 0.6) is 0 Å². The van der Waals surface area contributed by atoms with Crippen LogP contribution in [-0.2, 0) is 0 Å². The summed E-state index contributed by atoms with van der Waals surface area (Å²) in [6.07, 6.45) is 4.33. The van der Waals surface area contributed by atoms with Gasteiger partial charge in [0.1, 0.15) is 11.9 Å². The highest BCUT2D eigenvalue weighted by Gasteiger charge is 2.33. The summed E-state index contributed by atoms with van der Waals surface area (Å²) in [4.78, 5) is 14.9. The second-order valence-corrected chi connectivity index (χ2v) is 5.36. The van der Waals surface area contributed by atoms with Crippen LogP contribution in [0, 0.1) is 10.1 Å². The highest BCUT2D eigenvalue weighted by atomic mass is 16.6. The van der Waals surface area contributed by atoms with Gasteiger partial charge in [0.15, 0.2) is 0 Å². The predicted octanol–water partition coefficient (Wildman–Crippen LogP) is 2.44. The lowest BCUT2D eigenvalue weighted by molar-refractivity contribution is -0.384. The van der Waals surface area contributed by atoms with Crippen molar-refractivity contribution in [2.75, 3.05) is 11.9 Å². The standard InChI is InChI=1S/C14H16N4O2/c15-14(6-3-7-14)9-17-13-10-4-1-2-5-11(10)16-8-12(13)18(19)20/h1-2,4-5,8H,3,6-7,9,15H2,(H,16,17). The molecule has 0 atom stereocenters. The number of anilines is 1. The van der Waals surface area contributed by atoms with Crippen molar-refractivity contribution in [3.05, 3.63) is 40.6 Å². The summed E-state index contributed by atoms with van der Waals surface area (Å²) in [5, 5.41) is 15.1. The van der Waals surface area contributed by atoms with E-state index >= 15 is 0 Å². The van der Waals surface area contributed by atoms with Gasteiger partial charge < -0.3 is 11.1 Å². The first-order valence-corrected chi connectivity index (χ1v) is 6.64. The summed E-state index contributed by atoms with van der Waals surface area (Å²) >= 11 is 0. The van der Waals surface area contributed by atoms with Crippen molar-refractivity contribution >= 4 is 22.3 Å². The Morgan fingerprint density at radius 3 is 2.80 bits per heavy atom. The third kappa shape index (κ3) is 2.18. The molecule has 1 saturated carbocycles. The molecule has 1 heterocycles. The monoisotopic (exact) mass is 272 g/mol. The number of hydrogen-bond acceptors (Lipinski definition) is 5. The smallest absolute Gasteiger partial charge is 0.311 e. The van der Waals surface area contributed by atoms with E-state index in [2.05, 4.69) is 10.3 Å². The van der Waals surface area contributed by atoms with Crippen LogP contribution >= 0.6 is 0 Å². The maximum Gasteiger partial charge on any atom is 0.311 e. The molecule has 3 N–H and O–H groups in total. The second kappa shape index (κ2) is 4.72. The molecular weight excluding hydrogens is 256 g/mol. The van der Waals surface area contributed by atoms with Crippen LogP contribution < -0.4 is 11.1 Å². The van der Waals surface area contributed by atoms with Crippen LogP contribution in [0.4, 0.5) is 11.4 Å². The molecule has 1 fully saturated rings. The van der Waals surface area contributed by atoms with Gasteiger partial charge in [-0.15, -0.1) is 0 Å². The number of rotatable bonds is 4. The quantitative estimate of drug-likeness (QED) is 0.658. The lowest BCUT2D eigenvalue weighted by Crippen LogP contribution is -2.52. The fourth-order valence-corrected chi connectivity index (χ4v) is 2.53. The molecular formula is C14H16N4O2. The fourth-order valence-electron chi connectivity index (χ4n) is 2.53. The van der Waals surface area contributed by atoms with Crippen LogP contribution in [0.25, 0.3) is 10.9 Å². The number of nitro groups is 1. The van der Waals surface area contributed by atoms with E-state index in [0.29, 0.717) is 12.2 Å². The average Bonchev–Trinajstić information content (AvgIpc) is 2.42. The molecule has 20 heavy (non-hydrogen) atoms. The molecule has 1 aliphatic carbocycles. The Morgan fingerprint density at radius 2 is 2.15 bits per heavy atom. The summed E-state index contributed by atoms with van der Waals surface area (Å²) in [7, 11) is 0. The number of aromatic nitrogens is 1. The first-order valence-electron chi connectivity index (χ1n) is 6.64. The Hall–Kier alpha value is -2.21. The van der Waals surface area contributed by atoms with Gasteiger partial charge in [0.2, 0.25) is 0 Å². The van der Waals surface area contributed by atoms with Gasteiger partial charge in [-0.1, -0.05) is 18.2 Å². The molecule has 1 aliphatic rings. The zero-order valence-corrected chi connectivity index (χ0v) is 11.0. The lowest BCUT2D eigenvalue weighted by atomic mass is 9.78. The van der Waals surface area contributed by atoms with Gasteiger partial charge in [0, 0.05) is 17.5 Å². The summed E-state index contributed by atoms with van der Waals surface area (Å²) in [6.45, 7) is 0.543. The molecule has 0 radical (unpaired) electrons. The SMILES string of the molecule is NC1(CNc2c([N+](=O)[O-])cnc3ccccc23)CCC1. The molecule has 3 rings (SSSR count). The molecule has 1 aromatic heterocycles. The molecule has 1 aromatic carbocycles. The molecule has 104 valence electrons. The van der Waals surface area contributed by atoms with Crippen molar-refractivity contribution in [1.82, 2.24) is 4.98 Å². The highest BCUT2D eigenvalue weighted by molar-refractivity contribution is 5.95. The van der Waals surface area contributed by atoms with Crippen molar-refractivity contribution < 1.29 is 4.92 Å². The van der Waals surface area contributed by atoms with Crippen molar-refractivity contribution in [3.8, 4) is 0 Å². The Bertz CT molecular complexity index is 667.